The summed E-state index contributed by atoms with van der Waals surface area (Å²) in [6.45, 7) is 4.14. The molecular weight excluding hydrogens is 290 g/mol. The fourth-order valence-electron chi connectivity index (χ4n) is 2.42. The average molecular weight is 311 g/mol. The number of fused-ring (bicyclic) bond motifs is 1. The van der Waals surface area contributed by atoms with E-state index < -0.39 is 0 Å². The Balaban J connectivity index is 1.46. The molecule has 0 aliphatic carbocycles. The van der Waals surface area contributed by atoms with Gasteiger partial charge in [0.2, 0.25) is 0 Å². The second-order valence-electron chi connectivity index (χ2n) is 5.53. The predicted molar refractivity (Wildman–Crippen MR) is 95.5 cm³/mol. The van der Waals surface area contributed by atoms with Crippen LogP contribution in [0.15, 0.2) is 53.2 Å². The molecule has 4 heteroatoms. The Morgan fingerprint density at radius 3 is 2.91 bits per heavy atom. The number of rotatable bonds is 7. The first-order chi connectivity index (χ1) is 10.8. The van der Waals surface area contributed by atoms with Crippen molar-refractivity contribution < 1.29 is 0 Å². The van der Waals surface area contributed by atoms with Gasteiger partial charge in [-0.1, -0.05) is 18.2 Å². The molecule has 1 atom stereocenters. The molecular formula is C18H21N3S. The minimum Gasteiger partial charge on any atom is -0.368 e. The molecule has 0 bridgehead atoms. The highest BCUT2D eigenvalue weighted by molar-refractivity contribution is 7.07. The van der Waals surface area contributed by atoms with Crippen molar-refractivity contribution in [1.29, 1.82) is 0 Å². The lowest BCUT2D eigenvalue weighted by atomic mass is 10.2. The molecule has 3 rings (SSSR count). The Morgan fingerprint density at radius 2 is 2.05 bits per heavy atom. The van der Waals surface area contributed by atoms with E-state index in [4.69, 9.17) is 0 Å². The lowest BCUT2D eigenvalue weighted by Gasteiger charge is -2.15. The molecule has 0 radical (unpaired) electrons. The third-order valence-corrected chi connectivity index (χ3v) is 4.39. The van der Waals surface area contributed by atoms with E-state index in [0.29, 0.717) is 6.04 Å². The Bertz CT molecular complexity index is 709. The Morgan fingerprint density at radius 1 is 1.14 bits per heavy atom. The van der Waals surface area contributed by atoms with Gasteiger partial charge in [0.05, 0.1) is 5.52 Å². The highest BCUT2D eigenvalue weighted by Crippen LogP contribution is 2.15. The van der Waals surface area contributed by atoms with Gasteiger partial charge in [0, 0.05) is 18.0 Å². The average Bonchev–Trinajstić information content (AvgIpc) is 3.05. The maximum absolute atomic E-state index is 4.65. The number of thiophene rings is 1. The Hall–Kier alpha value is -1.91. The number of aromatic nitrogens is 1. The van der Waals surface area contributed by atoms with Crippen LogP contribution in [0.4, 0.5) is 5.82 Å². The summed E-state index contributed by atoms with van der Waals surface area (Å²) in [5.41, 5.74) is 2.40. The Kier molecular flexibility index (Phi) is 5.03. The van der Waals surface area contributed by atoms with Crippen LogP contribution in [0.5, 0.6) is 0 Å². The zero-order valence-electron chi connectivity index (χ0n) is 12.8. The number of nitrogens with zero attached hydrogens (tertiary/aromatic N) is 1. The van der Waals surface area contributed by atoms with Gasteiger partial charge in [-0.3, -0.25) is 0 Å². The van der Waals surface area contributed by atoms with Crippen LogP contribution < -0.4 is 10.6 Å². The van der Waals surface area contributed by atoms with Gasteiger partial charge in [-0.15, -0.1) is 0 Å². The van der Waals surface area contributed by atoms with Crippen molar-refractivity contribution >= 4 is 28.1 Å². The number of anilines is 1. The number of hydrogen-bond acceptors (Lipinski definition) is 4. The molecule has 0 spiro atoms. The third kappa shape index (κ3) is 4.06. The van der Waals surface area contributed by atoms with E-state index >= 15 is 0 Å². The van der Waals surface area contributed by atoms with Crippen LogP contribution in [-0.2, 0) is 6.54 Å². The maximum Gasteiger partial charge on any atom is 0.126 e. The first-order valence-corrected chi connectivity index (χ1v) is 8.60. The molecule has 0 fully saturated rings. The second kappa shape index (κ2) is 7.38. The third-order valence-electron chi connectivity index (χ3n) is 3.66. The minimum absolute atomic E-state index is 0.392. The zero-order chi connectivity index (χ0) is 15.2. The topological polar surface area (TPSA) is 37.0 Å². The van der Waals surface area contributed by atoms with Crippen LogP contribution in [0.2, 0.25) is 0 Å². The maximum atomic E-state index is 4.65. The summed E-state index contributed by atoms with van der Waals surface area (Å²) in [5, 5.41) is 12.4. The molecule has 0 amide bonds. The van der Waals surface area contributed by atoms with Crippen molar-refractivity contribution in [3.05, 3.63) is 58.8 Å². The first kappa shape index (κ1) is 15.0. The van der Waals surface area contributed by atoms with Gasteiger partial charge in [0.15, 0.2) is 0 Å². The van der Waals surface area contributed by atoms with Gasteiger partial charge in [0.25, 0.3) is 0 Å². The predicted octanol–water partition coefficient (Wildman–Crippen LogP) is 4.28. The zero-order valence-corrected chi connectivity index (χ0v) is 13.6. The molecule has 114 valence electrons. The van der Waals surface area contributed by atoms with Gasteiger partial charge in [-0.25, -0.2) is 4.98 Å². The van der Waals surface area contributed by atoms with Crippen LogP contribution in [0, 0.1) is 0 Å². The van der Waals surface area contributed by atoms with E-state index in [0.717, 1.165) is 30.8 Å². The quantitative estimate of drug-likeness (QED) is 0.640. The van der Waals surface area contributed by atoms with Crippen molar-refractivity contribution in [2.24, 2.45) is 0 Å². The summed E-state index contributed by atoms with van der Waals surface area (Å²) in [6.07, 6.45) is 1.07. The van der Waals surface area contributed by atoms with E-state index in [9.17, 15) is 0 Å². The molecule has 0 aliphatic rings. The fraction of sp³-hybridized carbons (Fsp3) is 0.278. The summed E-state index contributed by atoms with van der Waals surface area (Å²) in [4.78, 5) is 4.65. The van der Waals surface area contributed by atoms with Crippen molar-refractivity contribution in [3.63, 3.8) is 0 Å². The second-order valence-corrected chi connectivity index (χ2v) is 6.31. The van der Waals surface area contributed by atoms with Gasteiger partial charge in [-0.05, 0) is 60.5 Å². The van der Waals surface area contributed by atoms with Crippen LogP contribution in [-0.4, -0.2) is 17.6 Å². The largest absolute Gasteiger partial charge is 0.368 e. The molecule has 2 N–H and O–H groups in total. The summed E-state index contributed by atoms with van der Waals surface area (Å²) in [6, 6.07) is 14.9. The number of benzene rings is 1. The number of hydrogen-bond donors (Lipinski definition) is 2. The lowest BCUT2D eigenvalue weighted by Crippen LogP contribution is -2.23. The van der Waals surface area contributed by atoms with Crippen LogP contribution in [0.25, 0.3) is 10.9 Å². The first-order valence-electron chi connectivity index (χ1n) is 7.65. The van der Waals surface area contributed by atoms with Gasteiger partial charge in [0.1, 0.15) is 5.82 Å². The molecule has 3 aromatic rings. The molecule has 3 nitrogen and oxygen atoms in total. The molecule has 0 aliphatic heterocycles. The number of nitrogens with one attached hydrogen (secondary N) is 2. The van der Waals surface area contributed by atoms with Crippen LogP contribution in [0.3, 0.4) is 0 Å². The normalized spacial score (nSPS) is 12.4. The van der Waals surface area contributed by atoms with Crippen molar-refractivity contribution in [2.45, 2.75) is 25.9 Å². The van der Waals surface area contributed by atoms with E-state index in [2.05, 4.69) is 57.6 Å². The minimum atomic E-state index is 0.392. The summed E-state index contributed by atoms with van der Waals surface area (Å²) >= 11 is 1.75. The smallest absolute Gasteiger partial charge is 0.126 e. The van der Waals surface area contributed by atoms with Gasteiger partial charge < -0.3 is 10.6 Å². The molecule has 1 unspecified atom stereocenters. The van der Waals surface area contributed by atoms with Crippen LogP contribution >= 0.6 is 11.3 Å². The van der Waals surface area contributed by atoms with Crippen LogP contribution in [0.1, 0.15) is 18.9 Å². The Labute approximate surface area is 135 Å². The van der Waals surface area contributed by atoms with E-state index in [1.54, 1.807) is 11.3 Å². The van der Waals surface area contributed by atoms with Crippen molar-refractivity contribution in [2.75, 3.05) is 11.9 Å². The monoisotopic (exact) mass is 311 g/mol. The summed E-state index contributed by atoms with van der Waals surface area (Å²) in [7, 11) is 0. The lowest BCUT2D eigenvalue weighted by molar-refractivity contribution is 0.608. The number of para-hydroxylation sites is 1. The van der Waals surface area contributed by atoms with E-state index in [1.165, 1.54) is 10.9 Å². The SMILES string of the molecule is CC(CCNCc1ccsc1)Nc1ccc2ccccc2n1. The molecule has 2 aromatic heterocycles. The van der Waals surface area contributed by atoms with E-state index in [-0.39, 0.29) is 0 Å². The molecule has 2 heterocycles. The molecule has 0 saturated heterocycles. The molecule has 1 aromatic carbocycles. The molecule has 0 saturated carbocycles. The van der Waals surface area contributed by atoms with Gasteiger partial charge in [-0.2, -0.15) is 11.3 Å². The number of pyridine rings is 1. The highest BCUT2D eigenvalue weighted by atomic mass is 32.1. The summed E-state index contributed by atoms with van der Waals surface area (Å²) < 4.78 is 0. The summed E-state index contributed by atoms with van der Waals surface area (Å²) in [5.74, 6) is 0.948. The highest BCUT2D eigenvalue weighted by Gasteiger charge is 2.04. The van der Waals surface area contributed by atoms with Crippen molar-refractivity contribution in [1.82, 2.24) is 10.3 Å². The van der Waals surface area contributed by atoms with E-state index in [1.807, 2.05) is 18.2 Å². The standard InChI is InChI=1S/C18H21N3S/c1-14(8-10-19-12-15-9-11-22-13-15)20-18-7-6-16-4-2-3-5-17(16)21-18/h2-7,9,11,13-14,19H,8,10,12H2,1H3,(H,20,21). The van der Waals surface area contributed by atoms with Crippen molar-refractivity contribution in [3.8, 4) is 0 Å². The fourth-order valence-corrected chi connectivity index (χ4v) is 3.08. The molecule has 22 heavy (non-hydrogen) atoms. The van der Waals surface area contributed by atoms with Gasteiger partial charge >= 0.3 is 0 Å².